The minimum absolute atomic E-state index is 0.0143. The van der Waals surface area contributed by atoms with Gasteiger partial charge < -0.3 is 30.1 Å². The van der Waals surface area contributed by atoms with Gasteiger partial charge in [-0.25, -0.2) is 9.18 Å². The first-order valence-electron chi connectivity index (χ1n) is 22.7. The monoisotopic (exact) mass is 853 g/mol. The van der Waals surface area contributed by atoms with E-state index in [0.29, 0.717) is 73.6 Å². The number of aromatic nitrogens is 3. The Balaban J connectivity index is 0.751. The molecule has 4 amide bonds. The van der Waals surface area contributed by atoms with Crippen LogP contribution >= 0.6 is 0 Å². The van der Waals surface area contributed by atoms with Crippen LogP contribution in [0.1, 0.15) is 103 Å². The summed E-state index contributed by atoms with van der Waals surface area (Å²) in [4.78, 5) is 46.2. The predicted molar refractivity (Wildman–Crippen MR) is 242 cm³/mol. The molecule has 1 atom stereocenters. The van der Waals surface area contributed by atoms with Crippen molar-refractivity contribution >= 4 is 45.9 Å². The predicted octanol–water partition coefficient (Wildman–Crippen LogP) is 7.68. The van der Waals surface area contributed by atoms with Crippen molar-refractivity contribution in [2.45, 2.75) is 88.3 Å². The van der Waals surface area contributed by atoms with Crippen molar-refractivity contribution in [1.82, 2.24) is 29.9 Å². The third kappa shape index (κ3) is 8.21. The Morgan fingerprint density at radius 2 is 1.68 bits per heavy atom. The molecule has 0 bridgehead atoms. The molecule has 13 nitrogen and oxygen atoms in total. The summed E-state index contributed by atoms with van der Waals surface area (Å²) in [6.07, 6.45) is 9.21. The number of para-hydroxylation sites is 1. The summed E-state index contributed by atoms with van der Waals surface area (Å²) < 4.78 is 18.9. The number of rotatable bonds is 9. The van der Waals surface area contributed by atoms with E-state index >= 15 is 4.39 Å². The van der Waals surface area contributed by atoms with Crippen molar-refractivity contribution in [3.05, 3.63) is 95.2 Å². The van der Waals surface area contributed by atoms with Gasteiger partial charge in [-0.15, -0.1) is 10.2 Å². The average molecular weight is 854 g/mol. The van der Waals surface area contributed by atoms with Gasteiger partial charge in [-0.2, -0.15) is 0 Å². The number of imide groups is 1. The molecule has 3 aromatic carbocycles. The number of aromatic hydroxyl groups is 1. The molecule has 10 rings (SSSR count). The molecule has 5 aromatic rings. The van der Waals surface area contributed by atoms with Gasteiger partial charge >= 0.3 is 6.03 Å². The van der Waals surface area contributed by atoms with E-state index < -0.39 is 5.67 Å². The Morgan fingerprint density at radius 1 is 0.889 bits per heavy atom. The van der Waals surface area contributed by atoms with E-state index in [1.54, 1.807) is 17.0 Å². The molecule has 0 unspecified atom stereocenters. The second kappa shape index (κ2) is 16.6. The van der Waals surface area contributed by atoms with Gasteiger partial charge in [0.1, 0.15) is 11.4 Å². The molecule has 4 saturated heterocycles. The van der Waals surface area contributed by atoms with Gasteiger partial charge in [-0.3, -0.25) is 19.8 Å². The number of urea groups is 1. The maximum Gasteiger partial charge on any atom is 0.328 e. The number of nitrogen functional groups attached to an aromatic ring is 1. The number of anilines is 3. The number of benzene rings is 3. The first-order chi connectivity index (χ1) is 30.5. The smallest absolute Gasteiger partial charge is 0.328 e. The highest BCUT2D eigenvalue weighted by Crippen LogP contribution is 2.46. The molecule has 1 aliphatic carbocycles. The zero-order valence-corrected chi connectivity index (χ0v) is 35.9. The number of hydrogen-bond acceptors (Lipinski definition) is 9. The Kier molecular flexibility index (Phi) is 10.8. The number of halogens is 1. The fourth-order valence-electron chi connectivity index (χ4n) is 10.6. The van der Waals surface area contributed by atoms with Crippen LogP contribution in [-0.2, 0) is 4.79 Å². The number of aryl methyl sites for hydroxylation is 1. The van der Waals surface area contributed by atoms with Crippen molar-refractivity contribution in [2.24, 2.45) is 0 Å². The van der Waals surface area contributed by atoms with Crippen LogP contribution in [-0.4, -0.2) is 106 Å². The highest BCUT2D eigenvalue weighted by Gasteiger charge is 2.39. The van der Waals surface area contributed by atoms with Crippen LogP contribution in [0, 0.1) is 6.92 Å². The van der Waals surface area contributed by atoms with Gasteiger partial charge in [-0.05, 0) is 117 Å². The molecule has 0 spiro atoms. The maximum atomic E-state index is 16.5. The third-order valence-corrected chi connectivity index (χ3v) is 14.3. The van der Waals surface area contributed by atoms with E-state index in [1.807, 2.05) is 41.3 Å². The van der Waals surface area contributed by atoms with Crippen molar-refractivity contribution < 1.29 is 23.9 Å². The normalized spacial score (nSPS) is 21.2. The van der Waals surface area contributed by atoms with Gasteiger partial charge in [0.2, 0.25) is 5.91 Å². The van der Waals surface area contributed by atoms with Crippen LogP contribution in [0.4, 0.5) is 26.4 Å². The topological polar surface area (TPSA) is 153 Å². The fourth-order valence-corrected chi connectivity index (χ4v) is 10.6. The first-order valence-corrected chi connectivity index (χ1v) is 22.7. The van der Waals surface area contributed by atoms with Crippen LogP contribution in [0.5, 0.6) is 5.75 Å². The third-order valence-electron chi connectivity index (χ3n) is 14.3. The largest absolute Gasteiger partial charge is 0.507 e. The molecule has 4 aliphatic heterocycles. The van der Waals surface area contributed by atoms with Crippen LogP contribution < -0.4 is 20.9 Å². The van der Waals surface area contributed by atoms with E-state index in [2.05, 4.69) is 61.2 Å². The Labute approximate surface area is 367 Å². The van der Waals surface area contributed by atoms with Gasteiger partial charge in [-0.1, -0.05) is 18.2 Å². The number of phenols is 1. The second-order valence-electron chi connectivity index (χ2n) is 18.5. The van der Waals surface area contributed by atoms with E-state index in [4.69, 9.17) is 5.73 Å². The van der Waals surface area contributed by atoms with E-state index in [0.717, 1.165) is 92.5 Å². The van der Waals surface area contributed by atoms with Crippen molar-refractivity contribution in [2.75, 3.05) is 67.9 Å². The molecular formula is C49H56FN9O4. The average Bonchev–Trinajstić information content (AvgIpc) is 4.09. The summed E-state index contributed by atoms with van der Waals surface area (Å²) in [6.45, 7) is 6.86. The number of nitrogens with one attached hydrogen (secondary N) is 1. The summed E-state index contributed by atoms with van der Waals surface area (Å²) in [5, 5.41) is 22.5. The quantitative estimate of drug-likeness (QED) is 0.136. The molecule has 14 heteroatoms. The lowest BCUT2D eigenvalue weighted by Crippen LogP contribution is -2.51. The fraction of sp³-hybridized carbons (Fsp3) is 0.449. The Bertz CT molecular complexity index is 2580. The Hall–Kier alpha value is -6.02. The lowest BCUT2D eigenvalue weighted by Gasteiger charge is -2.41. The molecule has 328 valence electrons. The molecule has 63 heavy (non-hydrogen) atoms. The van der Waals surface area contributed by atoms with Crippen LogP contribution in [0.3, 0.4) is 0 Å². The van der Waals surface area contributed by atoms with Gasteiger partial charge in [0, 0.05) is 117 Å². The maximum absolute atomic E-state index is 16.5. The molecule has 5 fully saturated rings. The van der Waals surface area contributed by atoms with Crippen LogP contribution in [0.25, 0.3) is 22.2 Å². The lowest BCUT2D eigenvalue weighted by atomic mass is 9.85. The molecule has 5 aliphatic rings. The van der Waals surface area contributed by atoms with Gasteiger partial charge in [0.15, 0.2) is 5.82 Å². The van der Waals surface area contributed by atoms with E-state index in [-0.39, 0.29) is 35.9 Å². The summed E-state index contributed by atoms with van der Waals surface area (Å²) in [5.41, 5.74) is 13.3. The second-order valence-corrected chi connectivity index (χ2v) is 18.5. The number of nitrogens with zero attached hydrogens (tertiary/aromatic N) is 7. The minimum atomic E-state index is -1.34. The van der Waals surface area contributed by atoms with Crippen LogP contribution in [0.2, 0.25) is 0 Å². The molecule has 4 N–H and O–H groups in total. The van der Waals surface area contributed by atoms with Crippen molar-refractivity contribution in [3.8, 4) is 17.0 Å². The zero-order chi connectivity index (χ0) is 43.4. The molecule has 1 saturated carbocycles. The van der Waals surface area contributed by atoms with E-state index in [9.17, 15) is 19.5 Å². The van der Waals surface area contributed by atoms with Crippen molar-refractivity contribution in [3.63, 3.8) is 0 Å². The highest BCUT2D eigenvalue weighted by molar-refractivity contribution is 6.06. The molecule has 6 heterocycles. The van der Waals surface area contributed by atoms with Crippen molar-refractivity contribution in [1.29, 1.82) is 0 Å². The number of likely N-dealkylation sites (tertiary alicyclic amines) is 2. The first kappa shape index (κ1) is 41.0. The number of nitrogens with two attached hydrogens (primary N) is 1. The number of carbonyl (C=O) groups is 3. The minimum Gasteiger partial charge on any atom is -0.507 e. The molecule has 0 radical (unpaired) electrons. The Morgan fingerprint density at radius 3 is 2.44 bits per heavy atom. The van der Waals surface area contributed by atoms with Gasteiger partial charge in [0.25, 0.3) is 5.91 Å². The highest BCUT2D eigenvalue weighted by atomic mass is 19.1. The summed E-state index contributed by atoms with van der Waals surface area (Å²) in [5.74, 6) is 0.959. The number of piperidine rings is 3. The van der Waals surface area contributed by atoms with Gasteiger partial charge in [0.05, 0.1) is 11.4 Å². The SMILES string of the molecule is Cc1cn(C2CCN(CC3(F)CCN(C(=O)c4ccc([C@H]5CCCN(c6cc(-c7ccccc7O)nnc6N)C5)c(C5CC5)c4)CC3)CC2)c2ccc(N3CCC(=O)NC3=O)cc12. The molecular weight excluding hydrogens is 798 g/mol. The standard InChI is InChI=1S/C49H56FN9O4/c1-31-28-59(42-13-11-36(26-39(31)42)58-22-16-45(61)52-48(58)63)35-14-20-55(21-15-35)30-49(50)17-23-56(24-18-49)47(62)33-10-12-37(40(25-33)32-8-9-32)34-5-4-19-57(29-34)43-27-41(53-54-46(43)51)38-6-2-3-7-44(38)60/h2-3,6-7,10-13,25-28,32,34-35,60H,4-5,8-9,14-24,29-30H2,1H3,(H2,51,54)(H,52,61,63)/t34-/m0/s1. The number of carbonyl (C=O) groups excluding carboxylic acids is 3. The number of hydrogen-bond donors (Lipinski definition) is 3. The number of alkyl halides is 1. The molecule has 2 aromatic heterocycles. The number of phenolic OH excluding ortho intramolecular Hbond substituents is 1. The lowest BCUT2D eigenvalue weighted by molar-refractivity contribution is -0.120. The zero-order valence-electron chi connectivity index (χ0n) is 35.9. The summed E-state index contributed by atoms with van der Waals surface area (Å²) in [6, 6.07) is 21.3. The number of fused-ring (bicyclic) bond motifs is 1. The van der Waals surface area contributed by atoms with E-state index in [1.165, 1.54) is 11.1 Å². The summed E-state index contributed by atoms with van der Waals surface area (Å²) >= 11 is 0. The van der Waals surface area contributed by atoms with Crippen LogP contribution in [0.15, 0.2) is 72.9 Å². The number of amides is 4. The summed E-state index contributed by atoms with van der Waals surface area (Å²) in [7, 11) is 0.